The molecule has 23 heavy (non-hydrogen) atoms. The van der Waals surface area contributed by atoms with Crippen molar-refractivity contribution in [1.82, 2.24) is 20.3 Å². The van der Waals surface area contributed by atoms with Gasteiger partial charge in [0.1, 0.15) is 0 Å². The van der Waals surface area contributed by atoms with Gasteiger partial charge in [-0.05, 0) is 13.0 Å². The van der Waals surface area contributed by atoms with Crippen LogP contribution in [0.5, 0.6) is 0 Å². The Morgan fingerprint density at radius 2 is 1.74 bits per heavy atom. The average molecular weight is 304 g/mol. The van der Waals surface area contributed by atoms with Crippen molar-refractivity contribution in [2.24, 2.45) is 0 Å². The van der Waals surface area contributed by atoms with Crippen molar-refractivity contribution in [3.8, 4) is 23.0 Å². The van der Waals surface area contributed by atoms with Crippen molar-refractivity contribution in [2.45, 2.75) is 6.92 Å². The van der Waals surface area contributed by atoms with Gasteiger partial charge in [0, 0.05) is 10.9 Å². The van der Waals surface area contributed by atoms with E-state index >= 15 is 0 Å². The molecule has 0 aliphatic heterocycles. The SMILES string of the molecule is Cc1ccc(-c2noc(-c3n[nH]c(=O)c4ccccc34)n2)cc1. The Morgan fingerprint density at radius 3 is 2.52 bits per heavy atom. The first-order chi connectivity index (χ1) is 11.2. The molecule has 0 aliphatic rings. The lowest BCUT2D eigenvalue weighted by Crippen LogP contribution is -2.09. The largest absolute Gasteiger partial charge is 0.332 e. The number of hydrogen-bond donors (Lipinski definition) is 1. The van der Waals surface area contributed by atoms with Crippen LogP contribution in [0.2, 0.25) is 0 Å². The first-order valence-electron chi connectivity index (χ1n) is 7.11. The smallest absolute Gasteiger partial charge is 0.279 e. The molecule has 0 bridgehead atoms. The molecule has 0 spiro atoms. The van der Waals surface area contributed by atoms with Crippen LogP contribution < -0.4 is 5.56 Å². The van der Waals surface area contributed by atoms with Crippen LogP contribution in [-0.4, -0.2) is 20.3 Å². The maximum absolute atomic E-state index is 11.8. The molecule has 2 aromatic carbocycles. The second kappa shape index (κ2) is 5.17. The normalized spacial score (nSPS) is 11.0. The van der Waals surface area contributed by atoms with Crippen LogP contribution in [0.4, 0.5) is 0 Å². The van der Waals surface area contributed by atoms with E-state index in [0.29, 0.717) is 22.3 Å². The van der Waals surface area contributed by atoms with Crippen molar-refractivity contribution in [3.63, 3.8) is 0 Å². The summed E-state index contributed by atoms with van der Waals surface area (Å²) in [7, 11) is 0. The molecular weight excluding hydrogens is 292 g/mol. The molecule has 0 fully saturated rings. The van der Waals surface area contributed by atoms with Gasteiger partial charge >= 0.3 is 0 Å². The summed E-state index contributed by atoms with van der Waals surface area (Å²) in [6.07, 6.45) is 0. The fourth-order valence-electron chi connectivity index (χ4n) is 2.42. The zero-order chi connectivity index (χ0) is 15.8. The number of nitrogens with zero attached hydrogens (tertiary/aromatic N) is 3. The van der Waals surface area contributed by atoms with Crippen LogP contribution in [0.3, 0.4) is 0 Å². The van der Waals surface area contributed by atoms with E-state index in [0.717, 1.165) is 11.1 Å². The number of aromatic amines is 1. The average Bonchev–Trinajstić information content (AvgIpc) is 3.06. The molecule has 1 N–H and O–H groups in total. The van der Waals surface area contributed by atoms with Crippen LogP contribution in [0.15, 0.2) is 57.8 Å². The number of hydrogen-bond acceptors (Lipinski definition) is 5. The molecule has 4 rings (SSSR count). The molecule has 6 nitrogen and oxygen atoms in total. The van der Waals surface area contributed by atoms with Crippen molar-refractivity contribution in [2.75, 3.05) is 0 Å². The number of rotatable bonds is 2. The van der Waals surface area contributed by atoms with E-state index in [1.807, 2.05) is 43.3 Å². The van der Waals surface area contributed by atoms with Crippen LogP contribution >= 0.6 is 0 Å². The molecule has 0 atom stereocenters. The van der Waals surface area contributed by atoms with E-state index in [1.54, 1.807) is 12.1 Å². The molecule has 112 valence electrons. The molecule has 2 heterocycles. The summed E-state index contributed by atoms with van der Waals surface area (Å²) in [6, 6.07) is 15.0. The molecule has 0 radical (unpaired) electrons. The molecule has 4 aromatic rings. The van der Waals surface area contributed by atoms with Crippen molar-refractivity contribution >= 4 is 10.8 Å². The number of aromatic nitrogens is 4. The van der Waals surface area contributed by atoms with Crippen LogP contribution in [0.1, 0.15) is 5.56 Å². The van der Waals surface area contributed by atoms with Gasteiger partial charge in [-0.15, -0.1) is 0 Å². The highest BCUT2D eigenvalue weighted by Gasteiger charge is 2.16. The van der Waals surface area contributed by atoms with Gasteiger partial charge in [0.25, 0.3) is 11.4 Å². The fraction of sp³-hybridized carbons (Fsp3) is 0.0588. The Hall–Kier alpha value is -3.28. The lowest BCUT2D eigenvalue weighted by molar-refractivity contribution is 0.431. The Labute approximate surface area is 130 Å². The topological polar surface area (TPSA) is 84.7 Å². The Morgan fingerprint density at radius 1 is 1.00 bits per heavy atom. The highest BCUT2D eigenvalue weighted by molar-refractivity contribution is 5.91. The van der Waals surface area contributed by atoms with Gasteiger partial charge in [0.05, 0.1) is 5.39 Å². The Kier molecular flexibility index (Phi) is 3.01. The number of H-pyrrole nitrogens is 1. The summed E-state index contributed by atoms with van der Waals surface area (Å²) in [6.45, 7) is 2.02. The van der Waals surface area contributed by atoms with Crippen molar-refractivity contribution in [1.29, 1.82) is 0 Å². The predicted molar refractivity (Wildman–Crippen MR) is 85.8 cm³/mol. The highest BCUT2D eigenvalue weighted by Crippen LogP contribution is 2.25. The van der Waals surface area contributed by atoms with Crippen molar-refractivity contribution in [3.05, 3.63) is 64.4 Å². The maximum Gasteiger partial charge on any atom is 0.279 e. The lowest BCUT2D eigenvalue weighted by atomic mass is 10.1. The van der Waals surface area contributed by atoms with Crippen LogP contribution in [0, 0.1) is 6.92 Å². The van der Waals surface area contributed by atoms with Crippen LogP contribution in [0.25, 0.3) is 33.7 Å². The van der Waals surface area contributed by atoms with E-state index in [1.165, 1.54) is 0 Å². The summed E-state index contributed by atoms with van der Waals surface area (Å²) >= 11 is 0. The first-order valence-corrected chi connectivity index (χ1v) is 7.11. The quantitative estimate of drug-likeness (QED) is 0.615. The summed E-state index contributed by atoms with van der Waals surface area (Å²) in [5.74, 6) is 0.755. The number of fused-ring (bicyclic) bond motifs is 1. The summed E-state index contributed by atoms with van der Waals surface area (Å²) in [5.41, 5.74) is 2.23. The number of nitrogens with one attached hydrogen (secondary N) is 1. The molecule has 0 aliphatic carbocycles. The minimum atomic E-state index is -0.248. The van der Waals surface area contributed by atoms with E-state index in [2.05, 4.69) is 20.3 Å². The highest BCUT2D eigenvalue weighted by atomic mass is 16.5. The maximum atomic E-state index is 11.8. The fourth-order valence-corrected chi connectivity index (χ4v) is 2.42. The van der Waals surface area contributed by atoms with Gasteiger partial charge in [-0.1, -0.05) is 53.2 Å². The Bertz CT molecular complexity index is 1050. The first kappa shape index (κ1) is 13.4. The molecule has 6 heteroatoms. The molecular formula is C17H12N4O2. The van der Waals surface area contributed by atoms with Gasteiger partial charge in [-0.25, -0.2) is 5.10 Å². The minimum absolute atomic E-state index is 0.248. The number of aryl methyl sites for hydroxylation is 1. The van der Waals surface area contributed by atoms with Crippen molar-refractivity contribution < 1.29 is 4.52 Å². The molecule has 0 saturated carbocycles. The number of benzene rings is 2. The van der Waals surface area contributed by atoms with E-state index in [9.17, 15) is 4.79 Å². The van der Waals surface area contributed by atoms with E-state index in [4.69, 9.17) is 4.52 Å². The second-order valence-electron chi connectivity index (χ2n) is 5.24. The summed E-state index contributed by atoms with van der Waals surface area (Å²) < 4.78 is 5.34. The summed E-state index contributed by atoms with van der Waals surface area (Å²) in [4.78, 5) is 16.2. The third-order valence-electron chi connectivity index (χ3n) is 3.63. The van der Waals surface area contributed by atoms with Crippen LogP contribution in [-0.2, 0) is 0 Å². The van der Waals surface area contributed by atoms with Gasteiger partial charge in [-0.2, -0.15) is 10.1 Å². The molecule has 0 saturated heterocycles. The zero-order valence-corrected chi connectivity index (χ0v) is 12.3. The van der Waals surface area contributed by atoms with Gasteiger partial charge in [0.15, 0.2) is 5.69 Å². The molecule has 0 amide bonds. The zero-order valence-electron chi connectivity index (χ0n) is 12.3. The lowest BCUT2D eigenvalue weighted by Gasteiger charge is -1.99. The summed E-state index contributed by atoms with van der Waals surface area (Å²) in [5, 5.41) is 11.7. The third-order valence-corrected chi connectivity index (χ3v) is 3.63. The van der Waals surface area contributed by atoms with Gasteiger partial charge in [-0.3, -0.25) is 4.79 Å². The molecule has 2 aromatic heterocycles. The minimum Gasteiger partial charge on any atom is -0.332 e. The third kappa shape index (κ3) is 2.30. The van der Waals surface area contributed by atoms with Gasteiger partial charge in [0.2, 0.25) is 5.82 Å². The monoisotopic (exact) mass is 304 g/mol. The van der Waals surface area contributed by atoms with E-state index in [-0.39, 0.29) is 11.4 Å². The Balaban J connectivity index is 1.85. The standard InChI is InChI=1S/C17H12N4O2/c1-10-6-8-11(9-7-10)15-18-17(23-21-15)14-12-4-2-3-5-13(12)16(22)20-19-14/h2-9H,1H3,(H,20,22). The predicted octanol–water partition coefficient (Wildman–Crippen LogP) is 2.95. The van der Waals surface area contributed by atoms with E-state index < -0.39 is 0 Å². The second-order valence-corrected chi connectivity index (χ2v) is 5.24. The van der Waals surface area contributed by atoms with Gasteiger partial charge < -0.3 is 4.52 Å². The molecule has 0 unspecified atom stereocenters.